The molecule has 7 rings (SSSR count). The predicted octanol–water partition coefficient (Wildman–Crippen LogP) is 7.15. The number of hydrogen-bond donors (Lipinski definition) is 3. The minimum atomic E-state index is -0.459. The van der Waals surface area contributed by atoms with Crippen LogP contribution in [-0.2, 0) is 10.2 Å². The molecule has 0 bridgehead atoms. The number of carbonyl (C=O) groups is 2. The fourth-order valence-corrected chi connectivity index (χ4v) is 7.15. The molecule has 14 nitrogen and oxygen atoms in total. The van der Waals surface area contributed by atoms with E-state index >= 15 is 0 Å². The Morgan fingerprint density at radius 2 is 1.79 bits per heavy atom. The normalized spacial score (nSPS) is 18.1. The number of carbonyl (C=O) groups excluding carboxylic acids is 1. The Balaban J connectivity index is 0.00000172. The van der Waals surface area contributed by atoms with Crippen LogP contribution in [0.1, 0.15) is 88.8 Å². The maximum atomic E-state index is 14.9. The van der Waals surface area contributed by atoms with E-state index in [4.69, 9.17) is 24.5 Å². The average molecular weight is 770 g/mol. The molecule has 3 atom stereocenters. The number of anilines is 2. The molecule has 1 fully saturated rings. The molecule has 5 aromatic rings. The highest BCUT2D eigenvalue weighted by atomic mass is 19.1. The number of ether oxygens (including phenoxy) is 2. The fourth-order valence-electron chi connectivity index (χ4n) is 7.15. The lowest BCUT2D eigenvalue weighted by molar-refractivity contribution is -0.122. The smallest absolute Gasteiger partial charge is 0.320 e. The van der Waals surface area contributed by atoms with Crippen molar-refractivity contribution >= 4 is 29.9 Å². The highest BCUT2D eigenvalue weighted by Gasteiger charge is 2.31. The van der Waals surface area contributed by atoms with E-state index < -0.39 is 5.82 Å². The molecule has 4 heterocycles. The molecule has 0 spiro atoms. The largest absolute Gasteiger partial charge is 0.492 e. The van der Waals surface area contributed by atoms with Gasteiger partial charge in [0, 0.05) is 42.7 Å². The molecule has 0 saturated carbocycles. The van der Waals surface area contributed by atoms with E-state index in [2.05, 4.69) is 38.7 Å². The van der Waals surface area contributed by atoms with Crippen molar-refractivity contribution in [1.82, 2.24) is 34.6 Å². The lowest BCUT2D eigenvalue weighted by atomic mass is 9.85. The number of hydrogen-bond acceptors (Lipinski definition) is 9. The van der Waals surface area contributed by atoms with Crippen molar-refractivity contribution < 1.29 is 28.6 Å². The van der Waals surface area contributed by atoms with Crippen molar-refractivity contribution in [3.63, 3.8) is 0 Å². The highest BCUT2D eigenvalue weighted by Crippen LogP contribution is 2.39. The summed E-state index contributed by atoms with van der Waals surface area (Å²) >= 11 is 0. The summed E-state index contributed by atoms with van der Waals surface area (Å²) in [6.07, 6.45) is 6.67. The second-order valence-corrected chi connectivity index (χ2v) is 15.6. The van der Waals surface area contributed by atoms with Gasteiger partial charge in [0.05, 0.1) is 23.6 Å². The average Bonchev–Trinajstić information content (AvgIpc) is 3.77. The summed E-state index contributed by atoms with van der Waals surface area (Å²) in [5, 5.41) is 26.8. The Kier molecular flexibility index (Phi) is 12.4. The molecule has 0 radical (unpaired) electrons. The van der Waals surface area contributed by atoms with Crippen molar-refractivity contribution in [2.24, 2.45) is 0 Å². The number of piperidine rings is 1. The Hall–Kier alpha value is -5.70. The standard InChI is InChI=1S/C40H50FN9O3.CH2O2/c1-26-11-9-10-18-48(26)39-45-44-36-17-14-29(25-49(36)39)53-34-16-15-33(31-12-7-8-13-32(31)34)42-38(51)43-37-24-35(40(2,3)4)46-50(37)28-21-27(41)22-30(23-28)52-20-19-47(5)6;2-1-3/h7-8,12-14,17,21-26,33-34H,9-11,15-16,18-20H2,1-6H3,(H2,42,43,51);1H,(H,2,3)/t26?,33-,34+;/m0./s1. The van der Waals surface area contributed by atoms with Gasteiger partial charge in [0.1, 0.15) is 35.8 Å². The summed E-state index contributed by atoms with van der Waals surface area (Å²) < 4.78 is 30.9. The second-order valence-electron chi connectivity index (χ2n) is 15.6. The first-order valence-corrected chi connectivity index (χ1v) is 19.1. The first-order chi connectivity index (χ1) is 26.8. The van der Waals surface area contributed by atoms with E-state index in [1.807, 2.05) is 86.8 Å². The number of nitrogens with zero attached hydrogens (tertiary/aromatic N) is 7. The van der Waals surface area contributed by atoms with Gasteiger partial charge in [0.15, 0.2) is 5.65 Å². The van der Waals surface area contributed by atoms with Crippen LogP contribution in [-0.4, -0.2) is 86.7 Å². The van der Waals surface area contributed by atoms with Gasteiger partial charge in [-0.25, -0.2) is 13.9 Å². The molecular weight excluding hydrogens is 718 g/mol. The Bertz CT molecular complexity index is 2130. The Labute approximate surface area is 326 Å². The molecule has 1 saturated heterocycles. The molecular formula is C41H52FN9O5. The van der Waals surface area contributed by atoms with Crippen LogP contribution in [0.25, 0.3) is 11.3 Å². The molecule has 298 valence electrons. The Morgan fingerprint density at radius 1 is 1.02 bits per heavy atom. The number of carboxylic acid groups (broad SMARTS) is 1. The van der Waals surface area contributed by atoms with Gasteiger partial charge >= 0.3 is 6.03 Å². The van der Waals surface area contributed by atoms with Gasteiger partial charge in [0.25, 0.3) is 6.47 Å². The number of aromatic nitrogens is 5. The number of benzene rings is 2. The lowest BCUT2D eigenvalue weighted by Gasteiger charge is -2.33. The van der Waals surface area contributed by atoms with Crippen LogP contribution in [0.3, 0.4) is 0 Å². The van der Waals surface area contributed by atoms with Crippen LogP contribution in [0.2, 0.25) is 0 Å². The maximum absolute atomic E-state index is 14.9. The minimum Gasteiger partial charge on any atom is -0.492 e. The number of halogens is 1. The molecule has 1 aliphatic carbocycles. The van der Waals surface area contributed by atoms with E-state index in [0.29, 0.717) is 49.3 Å². The number of nitrogens with one attached hydrogen (secondary N) is 2. The summed E-state index contributed by atoms with van der Waals surface area (Å²) in [5.74, 6) is 1.93. The van der Waals surface area contributed by atoms with E-state index in [9.17, 15) is 9.18 Å². The van der Waals surface area contributed by atoms with Crippen LogP contribution in [0.5, 0.6) is 11.5 Å². The van der Waals surface area contributed by atoms with Crippen molar-refractivity contribution in [2.45, 2.75) is 83.4 Å². The molecule has 2 aliphatic rings. The number of rotatable bonds is 10. The summed E-state index contributed by atoms with van der Waals surface area (Å²) in [5.41, 5.74) is 3.69. The third-order valence-electron chi connectivity index (χ3n) is 10.1. The number of pyridine rings is 1. The molecule has 1 unspecified atom stereocenters. The van der Waals surface area contributed by atoms with E-state index in [0.717, 1.165) is 53.6 Å². The fraction of sp³-hybridized carbons (Fsp3) is 0.439. The van der Waals surface area contributed by atoms with Gasteiger partial charge in [-0.05, 0) is 82.4 Å². The topological polar surface area (TPSA) is 151 Å². The molecule has 2 amide bonds. The first kappa shape index (κ1) is 40.0. The summed E-state index contributed by atoms with van der Waals surface area (Å²) in [4.78, 5) is 26.4. The van der Waals surface area contributed by atoms with Crippen LogP contribution < -0.4 is 25.0 Å². The van der Waals surface area contributed by atoms with Gasteiger partial charge in [0.2, 0.25) is 5.95 Å². The zero-order valence-electron chi connectivity index (χ0n) is 32.9. The monoisotopic (exact) mass is 769 g/mol. The third-order valence-corrected chi connectivity index (χ3v) is 10.1. The molecule has 3 aromatic heterocycles. The number of likely N-dealkylation sites (N-methyl/N-ethyl adjacent to an activating group) is 1. The Morgan fingerprint density at radius 3 is 2.52 bits per heavy atom. The molecule has 15 heteroatoms. The van der Waals surface area contributed by atoms with E-state index in [-0.39, 0.29) is 30.1 Å². The van der Waals surface area contributed by atoms with Crippen LogP contribution in [0.15, 0.2) is 66.9 Å². The molecule has 2 aromatic carbocycles. The quantitative estimate of drug-likeness (QED) is 0.125. The van der Waals surface area contributed by atoms with Gasteiger partial charge in [-0.3, -0.25) is 14.5 Å². The van der Waals surface area contributed by atoms with Crippen molar-refractivity contribution in [3.05, 3.63) is 89.5 Å². The zero-order chi connectivity index (χ0) is 40.0. The van der Waals surface area contributed by atoms with Crippen molar-refractivity contribution in [3.8, 4) is 17.2 Å². The highest BCUT2D eigenvalue weighted by molar-refractivity contribution is 5.89. The maximum Gasteiger partial charge on any atom is 0.320 e. The summed E-state index contributed by atoms with van der Waals surface area (Å²) in [6.45, 7) is 10.2. The summed E-state index contributed by atoms with van der Waals surface area (Å²) in [6, 6.07) is 18.1. The predicted molar refractivity (Wildman–Crippen MR) is 213 cm³/mol. The van der Waals surface area contributed by atoms with Gasteiger partial charge in [-0.2, -0.15) is 5.10 Å². The summed E-state index contributed by atoms with van der Waals surface area (Å²) in [7, 11) is 3.90. The van der Waals surface area contributed by atoms with Gasteiger partial charge < -0.3 is 29.7 Å². The molecule has 56 heavy (non-hydrogen) atoms. The lowest BCUT2D eigenvalue weighted by Crippen LogP contribution is -2.38. The SMILES string of the molecule is CC1CCCCN1c1nnc2ccc(O[C@@H]3CC[C@H](NC(=O)Nc4cc(C(C)(C)C)nn4-c4cc(F)cc(OCCN(C)C)c4)c4ccccc43)cn12.O=CO. The molecule has 1 aliphatic heterocycles. The minimum absolute atomic E-state index is 0.198. The number of fused-ring (bicyclic) bond motifs is 2. The zero-order valence-corrected chi connectivity index (χ0v) is 32.9. The van der Waals surface area contributed by atoms with Crippen LogP contribution in [0, 0.1) is 5.82 Å². The number of amides is 2. The van der Waals surface area contributed by atoms with E-state index in [1.165, 1.54) is 18.6 Å². The number of urea groups is 1. The van der Waals surface area contributed by atoms with E-state index in [1.54, 1.807) is 10.7 Å². The second kappa shape index (κ2) is 17.4. The van der Waals surface area contributed by atoms with Gasteiger partial charge in [-0.1, -0.05) is 45.0 Å². The van der Waals surface area contributed by atoms with Crippen LogP contribution >= 0.6 is 0 Å². The first-order valence-electron chi connectivity index (χ1n) is 19.1. The van der Waals surface area contributed by atoms with Crippen molar-refractivity contribution in [2.75, 3.05) is 44.0 Å². The van der Waals surface area contributed by atoms with Gasteiger partial charge in [-0.15, -0.1) is 10.2 Å². The third kappa shape index (κ3) is 9.39. The van der Waals surface area contributed by atoms with Crippen molar-refractivity contribution in [1.29, 1.82) is 0 Å². The van der Waals surface area contributed by atoms with Crippen LogP contribution in [0.4, 0.5) is 21.0 Å². The molecule has 3 N–H and O–H groups in total.